The molecule has 0 nitrogen and oxygen atoms in total. The number of hydrogen-bond donors (Lipinski definition) is 0. The van der Waals surface area contributed by atoms with Crippen LogP contribution in [0.2, 0.25) is 0 Å². The van der Waals surface area contributed by atoms with Crippen molar-refractivity contribution in [3.05, 3.63) is 0 Å². The molecule has 6 aliphatic carbocycles. The van der Waals surface area contributed by atoms with E-state index in [1.165, 1.54) is 72.5 Å². The largest absolute Gasteiger partial charge is 2.00 e. The van der Waals surface area contributed by atoms with Gasteiger partial charge in [-0.25, -0.2) is 0 Å². The minimum Gasteiger partial charge on any atom is -0.0971 e. The maximum Gasteiger partial charge on any atom is 2.00 e. The first-order valence-corrected chi connectivity index (χ1v) is 21.5. The van der Waals surface area contributed by atoms with Crippen LogP contribution < -0.4 is 0 Å². The van der Waals surface area contributed by atoms with Crippen molar-refractivity contribution in [3.63, 3.8) is 0 Å². The molecule has 0 aromatic heterocycles. The van der Waals surface area contributed by atoms with Gasteiger partial charge >= 0.3 is 20.4 Å². The summed E-state index contributed by atoms with van der Waals surface area (Å²) in [7, 11) is 0.770. The molecule has 0 heterocycles. The normalized spacial score (nSPS) is 28.2. The summed E-state index contributed by atoms with van der Waals surface area (Å²) in [5, 5.41) is 0. The van der Waals surface area contributed by atoms with Crippen LogP contribution in [-0.2, 0) is 20.4 Å². The molecule has 6 saturated carbocycles. The third-order valence-corrected chi connectivity index (χ3v) is 20.1. The van der Waals surface area contributed by atoms with E-state index >= 15 is 0 Å². The molecular formula is C36H66P2Pd+2. The maximum absolute atomic E-state index is 1.61. The van der Waals surface area contributed by atoms with Gasteiger partial charge in [0, 0.05) is 0 Å². The van der Waals surface area contributed by atoms with Crippen molar-refractivity contribution in [3.8, 4) is 0 Å². The molecule has 6 fully saturated rings. The van der Waals surface area contributed by atoms with Gasteiger partial charge in [-0.2, -0.15) is 0 Å². The third-order valence-electron chi connectivity index (χ3n) is 12.0. The molecule has 6 aliphatic rings. The van der Waals surface area contributed by atoms with Gasteiger partial charge in [0.2, 0.25) is 0 Å². The van der Waals surface area contributed by atoms with Gasteiger partial charge < -0.3 is 0 Å². The van der Waals surface area contributed by atoms with Crippen LogP contribution in [0.5, 0.6) is 0 Å². The Bertz CT molecular complexity index is 464. The van der Waals surface area contributed by atoms with E-state index in [0.29, 0.717) is 15.8 Å². The van der Waals surface area contributed by atoms with Gasteiger partial charge in [0.25, 0.3) is 0 Å². The molecule has 6 rings (SSSR count). The van der Waals surface area contributed by atoms with Crippen molar-refractivity contribution in [2.24, 2.45) is 0 Å². The van der Waals surface area contributed by atoms with Crippen LogP contribution in [0.4, 0.5) is 0 Å². The second-order valence-corrected chi connectivity index (χ2v) is 20.8. The molecule has 39 heavy (non-hydrogen) atoms. The molecule has 0 radical (unpaired) electrons. The summed E-state index contributed by atoms with van der Waals surface area (Å²) in [5.41, 5.74) is 7.14. The Kier molecular flexibility index (Phi) is 16.3. The fourth-order valence-electron chi connectivity index (χ4n) is 10.1. The zero-order valence-electron chi connectivity index (χ0n) is 25.9. The topological polar surface area (TPSA) is 0 Å². The Morgan fingerprint density at radius 2 is 0.333 bits per heavy atom. The summed E-state index contributed by atoms with van der Waals surface area (Å²) in [6, 6.07) is 0. The molecule has 228 valence electrons. The average molecular weight is 667 g/mol. The summed E-state index contributed by atoms with van der Waals surface area (Å²) >= 11 is 0. The number of hydrogen-bond acceptors (Lipinski definition) is 0. The van der Waals surface area contributed by atoms with Crippen molar-refractivity contribution in [1.82, 2.24) is 0 Å². The molecule has 0 amide bonds. The van der Waals surface area contributed by atoms with E-state index in [-0.39, 0.29) is 20.4 Å². The standard InChI is InChI=1S/2C18H33P.Pd/c2*1-4-10-16(11-5-1)19(17-12-6-2-7-13-17)18-14-8-3-9-15-18;/h2*16-18H,1-15H2;/q;;+2. The van der Waals surface area contributed by atoms with Gasteiger partial charge in [-0.05, 0) is 111 Å². The first-order chi connectivity index (χ1) is 18.9. The second kappa shape index (κ2) is 19.0. The molecule has 0 N–H and O–H groups in total. The van der Waals surface area contributed by atoms with Crippen molar-refractivity contribution < 1.29 is 20.4 Å². The SMILES string of the molecule is C1CCC(P(C2CCCCC2)C2CCCCC2)CC1.C1CCC(P(C2CCCCC2)C2CCCCC2)CC1.[Pd+2]. The summed E-state index contributed by atoms with van der Waals surface area (Å²) < 4.78 is 0. The molecular weight excluding hydrogens is 601 g/mol. The molecule has 0 aromatic carbocycles. The minimum atomic E-state index is 0. The van der Waals surface area contributed by atoms with E-state index in [9.17, 15) is 0 Å². The Morgan fingerprint density at radius 1 is 0.205 bits per heavy atom. The zero-order chi connectivity index (χ0) is 25.8. The van der Waals surface area contributed by atoms with Crippen LogP contribution in [0.15, 0.2) is 0 Å². The predicted octanol–water partition coefficient (Wildman–Crippen LogP) is 12.9. The molecule has 0 bridgehead atoms. The van der Waals surface area contributed by atoms with Crippen molar-refractivity contribution in [1.29, 1.82) is 0 Å². The van der Waals surface area contributed by atoms with Gasteiger partial charge in [0.05, 0.1) is 0 Å². The smallest absolute Gasteiger partial charge is 0.0971 e. The summed E-state index contributed by atoms with van der Waals surface area (Å²) in [5.74, 6) is 0. The first kappa shape index (κ1) is 33.4. The van der Waals surface area contributed by atoms with Gasteiger partial charge in [-0.3, -0.25) is 0 Å². The van der Waals surface area contributed by atoms with E-state index in [0.717, 1.165) is 0 Å². The molecule has 0 atom stereocenters. The third kappa shape index (κ3) is 10.3. The Hall–Kier alpha value is 1.52. The predicted molar refractivity (Wildman–Crippen MR) is 175 cm³/mol. The Balaban J connectivity index is 0.000000176. The molecule has 3 heteroatoms. The van der Waals surface area contributed by atoms with E-state index in [1.54, 1.807) is 154 Å². The Morgan fingerprint density at radius 3 is 0.462 bits per heavy atom. The van der Waals surface area contributed by atoms with Gasteiger partial charge in [-0.15, -0.1) is 0 Å². The minimum absolute atomic E-state index is 0. The zero-order valence-corrected chi connectivity index (χ0v) is 29.2. The van der Waals surface area contributed by atoms with Crippen molar-refractivity contribution >= 4 is 15.8 Å². The van der Waals surface area contributed by atoms with Crippen LogP contribution in [-0.4, -0.2) is 34.0 Å². The summed E-state index contributed by atoms with van der Waals surface area (Å²) in [6.07, 6.45) is 47.2. The van der Waals surface area contributed by atoms with E-state index in [1.807, 2.05) is 0 Å². The molecule has 0 aromatic rings. The summed E-state index contributed by atoms with van der Waals surface area (Å²) in [6.45, 7) is 0. The van der Waals surface area contributed by atoms with Crippen LogP contribution in [0.25, 0.3) is 0 Å². The average Bonchev–Trinajstić information content (AvgIpc) is 3.01. The van der Waals surface area contributed by atoms with Crippen molar-refractivity contribution in [2.75, 3.05) is 0 Å². The monoisotopic (exact) mass is 666 g/mol. The molecule has 0 unspecified atom stereocenters. The van der Waals surface area contributed by atoms with Crippen LogP contribution in [0.3, 0.4) is 0 Å². The quantitative estimate of drug-likeness (QED) is 0.195. The van der Waals surface area contributed by atoms with Gasteiger partial charge in [-0.1, -0.05) is 131 Å². The summed E-state index contributed by atoms with van der Waals surface area (Å²) in [4.78, 5) is 0. The van der Waals surface area contributed by atoms with Gasteiger partial charge in [0.15, 0.2) is 0 Å². The Labute approximate surface area is 261 Å². The fourth-order valence-corrected chi connectivity index (χ4v) is 19.4. The van der Waals surface area contributed by atoms with Crippen LogP contribution in [0.1, 0.15) is 193 Å². The maximum atomic E-state index is 1.61. The van der Waals surface area contributed by atoms with E-state index < -0.39 is 0 Å². The molecule has 0 aliphatic heterocycles. The van der Waals surface area contributed by atoms with Crippen LogP contribution >= 0.6 is 15.8 Å². The van der Waals surface area contributed by atoms with Gasteiger partial charge in [0.1, 0.15) is 0 Å². The first-order valence-electron chi connectivity index (χ1n) is 18.4. The molecule has 0 saturated heterocycles. The van der Waals surface area contributed by atoms with E-state index in [4.69, 9.17) is 0 Å². The van der Waals surface area contributed by atoms with E-state index in [2.05, 4.69) is 0 Å². The second-order valence-electron chi connectivity index (χ2n) is 14.6. The molecule has 0 spiro atoms. The number of rotatable bonds is 6. The fraction of sp³-hybridized carbons (Fsp3) is 1.00. The van der Waals surface area contributed by atoms with Crippen molar-refractivity contribution in [2.45, 2.75) is 227 Å². The van der Waals surface area contributed by atoms with Crippen LogP contribution in [0, 0.1) is 0 Å².